The first-order chi connectivity index (χ1) is 15.6. The van der Waals surface area contributed by atoms with Crippen LogP contribution in [0, 0.1) is 0 Å². The zero-order valence-corrected chi connectivity index (χ0v) is 18.6. The van der Waals surface area contributed by atoms with E-state index in [1.807, 2.05) is 65.2 Å². The molecule has 0 saturated carbocycles. The SMILES string of the molecule is COc1ccc2c3c(n(Cc4ccccc4)c(=O)c2c1)-c1cc(OC)c(OC)cc1[C@@H]3C. The Morgan fingerprint density at radius 1 is 0.844 bits per heavy atom. The molecule has 1 aliphatic carbocycles. The first-order valence-corrected chi connectivity index (χ1v) is 10.6. The zero-order chi connectivity index (χ0) is 22.4. The van der Waals surface area contributed by atoms with Gasteiger partial charge in [-0.2, -0.15) is 0 Å². The van der Waals surface area contributed by atoms with Crippen molar-refractivity contribution in [1.82, 2.24) is 4.57 Å². The molecule has 0 N–H and O–H groups in total. The minimum absolute atomic E-state index is 0.0312. The molecule has 1 atom stereocenters. The van der Waals surface area contributed by atoms with E-state index in [1.54, 1.807) is 21.3 Å². The molecule has 3 aromatic carbocycles. The first kappa shape index (κ1) is 20.2. The van der Waals surface area contributed by atoms with Crippen molar-refractivity contribution in [1.29, 1.82) is 0 Å². The summed E-state index contributed by atoms with van der Waals surface area (Å²) in [5, 5.41) is 1.62. The van der Waals surface area contributed by atoms with Crippen molar-refractivity contribution in [3.8, 4) is 28.5 Å². The second-order valence-electron chi connectivity index (χ2n) is 8.07. The molecular weight excluding hydrogens is 402 g/mol. The van der Waals surface area contributed by atoms with Crippen LogP contribution < -0.4 is 19.8 Å². The smallest absolute Gasteiger partial charge is 0.259 e. The van der Waals surface area contributed by atoms with E-state index >= 15 is 0 Å². The van der Waals surface area contributed by atoms with Crippen LogP contribution >= 0.6 is 0 Å². The fraction of sp³-hybridized carbons (Fsp3) is 0.222. The molecule has 0 spiro atoms. The number of nitrogens with zero attached hydrogens (tertiary/aromatic N) is 1. The van der Waals surface area contributed by atoms with Crippen LogP contribution in [-0.2, 0) is 6.54 Å². The number of hydrogen-bond acceptors (Lipinski definition) is 4. The molecule has 0 saturated heterocycles. The maximum atomic E-state index is 13.8. The van der Waals surface area contributed by atoms with Gasteiger partial charge in [0.2, 0.25) is 0 Å². The van der Waals surface area contributed by atoms with Gasteiger partial charge in [-0.05, 0) is 46.3 Å². The van der Waals surface area contributed by atoms with E-state index in [0.29, 0.717) is 29.2 Å². The van der Waals surface area contributed by atoms with Crippen LogP contribution in [-0.4, -0.2) is 25.9 Å². The Labute approximate surface area is 186 Å². The van der Waals surface area contributed by atoms with Crippen molar-refractivity contribution in [2.24, 2.45) is 0 Å². The quantitative estimate of drug-likeness (QED) is 0.439. The van der Waals surface area contributed by atoms with Crippen LogP contribution in [0.25, 0.3) is 22.0 Å². The Hall–Kier alpha value is -3.73. The Kier molecular flexibility index (Phi) is 4.89. The van der Waals surface area contributed by atoms with Gasteiger partial charge in [-0.3, -0.25) is 4.79 Å². The second-order valence-corrected chi connectivity index (χ2v) is 8.07. The number of rotatable bonds is 5. The van der Waals surface area contributed by atoms with Crippen LogP contribution in [0.4, 0.5) is 0 Å². The van der Waals surface area contributed by atoms with Crippen molar-refractivity contribution < 1.29 is 14.2 Å². The van der Waals surface area contributed by atoms with Crippen LogP contribution in [0.1, 0.15) is 29.5 Å². The minimum Gasteiger partial charge on any atom is -0.497 e. The highest BCUT2D eigenvalue weighted by atomic mass is 16.5. The van der Waals surface area contributed by atoms with Crippen LogP contribution in [0.5, 0.6) is 17.2 Å². The van der Waals surface area contributed by atoms with E-state index in [4.69, 9.17) is 14.2 Å². The molecule has 1 heterocycles. The molecule has 0 fully saturated rings. The lowest BCUT2D eigenvalue weighted by Crippen LogP contribution is -2.23. The third-order valence-electron chi connectivity index (χ3n) is 6.41. The predicted octanol–water partition coefficient (Wildman–Crippen LogP) is 5.21. The summed E-state index contributed by atoms with van der Waals surface area (Å²) in [6.07, 6.45) is 0. The van der Waals surface area contributed by atoms with Gasteiger partial charge < -0.3 is 18.8 Å². The molecule has 0 aliphatic heterocycles. The fourth-order valence-electron chi connectivity index (χ4n) is 4.84. The van der Waals surface area contributed by atoms with Crippen LogP contribution in [0.2, 0.25) is 0 Å². The molecular formula is C27H25NO4. The van der Waals surface area contributed by atoms with Gasteiger partial charge >= 0.3 is 0 Å². The van der Waals surface area contributed by atoms with Gasteiger partial charge in [0.05, 0.1) is 39.0 Å². The standard InChI is InChI=1S/C27H25NO4/c1-16-20-13-23(31-3)24(32-4)14-21(20)26-25(16)19-11-10-18(30-2)12-22(19)27(29)28(26)15-17-8-6-5-7-9-17/h5-14,16H,15H2,1-4H3/t16-/m0/s1. The summed E-state index contributed by atoms with van der Waals surface area (Å²) in [6, 6.07) is 19.8. The molecule has 0 unspecified atom stereocenters. The Morgan fingerprint density at radius 3 is 2.25 bits per heavy atom. The summed E-state index contributed by atoms with van der Waals surface area (Å²) in [6.45, 7) is 2.66. The van der Waals surface area contributed by atoms with E-state index in [9.17, 15) is 4.79 Å². The average molecular weight is 428 g/mol. The van der Waals surface area contributed by atoms with Crippen molar-refractivity contribution in [2.75, 3.05) is 21.3 Å². The fourth-order valence-corrected chi connectivity index (χ4v) is 4.84. The minimum atomic E-state index is -0.0312. The number of benzene rings is 3. The molecule has 162 valence electrons. The molecule has 1 aromatic heterocycles. The maximum Gasteiger partial charge on any atom is 0.259 e. The summed E-state index contributed by atoms with van der Waals surface area (Å²) in [4.78, 5) is 13.8. The Bertz CT molecular complexity index is 1390. The lowest BCUT2D eigenvalue weighted by atomic mass is 9.95. The monoisotopic (exact) mass is 427 g/mol. The van der Waals surface area contributed by atoms with Crippen LogP contribution in [0.15, 0.2) is 65.5 Å². The number of hydrogen-bond donors (Lipinski definition) is 0. The van der Waals surface area contributed by atoms with E-state index in [2.05, 4.69) is 6.92 Å². The van der Waals surface area contributed by atoms with Gasteiger partial charge in [-0.15, -0.1) is 0 Å². The average Bonchev–Trinajstić information content (AvgIpc) is 3.12. The van der Waals surface area contributed by atoms with Crippen molar-refractivity contribution in [3.63, 3.8) is 0 Å². The van der Waals surface area contributed by atoms with E-state index < -0.39 is 0 Å². The number of methoxy groups -OCH3 is 3. The molecule has 0 bridgehead atoms. The number of pyridine rings is 1. The molecule has 1 aliphatic rings. The molecule has 0 radical (unpaired) electrons. The third-order valence-corrected chi connectivity index (χ3v) is 6.41. The number of fused-ring (bicyclic) bond motifs is 5. The van der Waals surface area contributed by atoms with Gasteiger partial charge in [0.1, 0.15) is 5.75 Å². The maximum absolute atomic E-state index is 13.8. The highest BCUT2D eigenvalue weighted by molar-refractivity contribution is 5.95. The highest BCUT2D eigenvalue weighted by Crippen LogP contribution is 2.50. The number of aromatic nitrogens is 1. The van der Waals surface area contributed by atoms with Gasteiger partial charge in [-0.1, -0.05) is 43.3 Å². The van der Waals surface area contributed by atoms with Gasteiger partial charge in [0.25, 0.3) is 5.56 Å². The zero-order valence-electron chi connectivity index (χ0n) is 18.6. The van der Waals surface area contributed by atoms with Crippen molar-refractivity contribution in [2.45, 2.75) is 19.4 Å². The Morgan fingerprint density at radius 2 is 1.56 bits per heavy atom. The van der Waals surface area contributed by atoms with E-state index in [0.717, 1.165) is 33.3 Å². The Balaban J connectivity index is 1.87. The normalized spacial score (nSPS) is 14.2. The van der Waals surface area contributed by atoms with Gasteiger partial charge in [0.15, 0.2) is 11.5 Å². The molecule has 32 heavy (non-hydrogen) atoms. The summed E-state index contributed by atoms with van der Waals surface area (Å²) < 4.78 is 18.5. The molecule has 0 amide bonds. The first-order valence-electron chi connectivity index (χ1n) is 10.6. The van der Waals surface area contributed by atoms with E-state index in [-0.39, 0.29) is 11.5 Å². The summed E-state index contributed by atoms with van der Waals surface area (Å²) in [5.74, 6) is 2.11. The van der Waals surface area contributed by atoms with Gasteiger partial charge in [-0.25, -0.2) is 0 Å². The van der Waals surface area contributed by atoms with E-state index in [1.165, 1.54) is 0 Å². The van der Waals surface area contributed by atoms with Crippen LogP contribution in [0.3, 0.4) is 0 Å². The molecule has 5 heteroatoms. The van der Waals surface area contributed by atoms with Crippen molar-refractivity contribution >= 4 is 10.8 Å². The topological polar surface area (TPSA) is 49.7 Å². The molecule has 5 rings (SSSR count). The summed E-state index contributed by atoms with van der Waals surface area (Å²) in [7, 11) is 4.89. The lowest BCUT2D eigenvalue weighted by Gasteiger charge is -2.17. The molecule has 5 nitrogen and oxygen atoms in total. The van der Waals surface area contributed by atoms with Crippen molar-refractivity contribution in [3.05, 3.63) is 87.7 Å². The third kappa shape index (κ3) is 2.96. The highest BCUT2D eigenvalue weighted by Gasteiger charge is 2.33. The second kappa shape index (κ2) is 7.75. The summed E-state index contributed by atoms with van der Waals surface area (Å²) in [5.41, 5.74) is 5.26. The largest absolute Gasteiger partial charge is 0.497 e. The molecule has 4 aromatic rings. The lowest BCUT2D eigenvalue weighted by molar-refractivity contribution is 0.354. The van der Waals surface area contributed by atoms with Gasteiger partial charge in [0, 0.05) is 11.5 Å². The predicted molar refractivity (Wildman–Crippen MR) is 126 cm³/mol. The summed E-state index contributed by atoms with van der Waals surface area (Å²) >= 11 is 0. The number of ether oxygens (including phenoxy) is 3.